The van der Waals surface area contributed by atoms with Gasteiger partial charge in [-0.25, -0.2) is 15.4 Å². The topological polar surface area (TPSA) is 96.5 Å². The van der Waals surface area contributed by atoms with Crippen molar-refractivity contribution < 1.29 is 4.79 Å². The predicted molar refractivity (Wildman–Crippen MR) is 102 cm³/mol. The first-order valence-corrected chi connectivity index (χ1v) is 8.39. The molecule has 1 aromatic carbocycles. The van der Waals surface area contributed by atoms with Crippen molar-refractivity contribution in [1.82, 2.24) is 15.4 Å². The monoisotopic (exact) mass is 354 g/mol. The molecule has 0 aliphatic heterocycles. The largest absolute Gasteiger partial charge is 0.383 e. The van der Waals surface area contributed by atoms with Gasteiger partial charge in [0, 0.05) is 19.8 Å². The first kappa shape index (κ1) is 16.8. The van der Waals surface area contributed by atoms with Crippen LogP contribution in [-0.2, 0) is 0 Å². The number of hydrogen-bond donors (Lipinski definition) is 2. The lowest BCUT2D eigenvalue weighted by Crippen LogP contribution is -2.17. The fourth-order valence-corrected chi connectivity index (χ4v) is 3.44. The number of benzene rings is 1. The molecule has 0 unspecified atom stereocenters. The summed E-state index contributed by atoms with van der Waals surface area (Å²) in [6.07, 6.45) is 3.00. The molecule has 0 aliphatic rings. The van der Waals surface area contributed by atoms with Crippen LogP contribution in [-0.4, -0.2) is 36.2 Å². The van der Waals surface area contributed by atoms with E-state index in [1.807, 2.05) is 50.2 Å². The van der Waals surface area contributed by atoms with Gasteiger partial charge in [0.05, 0.1) is 16.5 Å². The molecular formula is C17H18N6OS. The average Bonchev–Trinajstić information content (AvgIpc) is 2.93. The predicted octanol–water partition coefficient (Wildman–Crippen LogP) is 2.41. The molecule has 0 aliphatic carbocycles. The Morgan fingerprint density at radius 2 is 2.00 bits per heavy atom. The van der Waals surface area contributed by atoms with Crippen molar-refractivity contribution in [2.75, 3.05) is 24.7 Å². The number of fused-ring (bicyclic) bond motifs is 1. The van der Waals surface area contributed by atoms with E-state index < -0.39 is 0 Å². The van der Waals surface area contributed by atoms with Crippen LogP contribution in [0, 0.1) is 6.92 Å². The van der Waals surface area contributed by atoms with Crippen molar-refractivity contribution in [2.24, 2.45) is 5.10 Å². The molecule has 3 aromatic rings. The van der Waals surface area contributed by atoms with E-state index in [0.717, 1.165) is 22.2 Å². The van der Waals surface area contributed by atoms with E-state index >= 15 is 0 Å². The average molecular weight is 354 g/mol. The second kappa shape index (κ2) is 6.86. The molecule has 0 bridgehead atoms. The van der Waals surface area contributed by atoms with E-state index in [1.54, 1.807) is 6.21 Å². The zero-order valence-electron chi connectivity index (χ0n) is 14.1. The molecule has 128 valence electrons. The van der Waals surface area contributed by atoms with Crippen LogP contribution < -0.4 is 16.1 Å². The number of carbonyl (C=O) groups is 1. The van der Waals surface area contributed by atoms with Gasteiger partial charge in [-0.05, 0) is 30.2 Å². The van der Waals surface area contributed by atoms with Crippen molar-refractivity contribution in [3.63, 3.8) is 0 Å². The third kappa shape index (κ3) is 3.43. The second-order valence-electron chi connectivity index (χ2n) is 5.68. The zero-order valence-corrected chi connectivity index (χ0v) is 15.0. The zero-order chi connectivity index (χ0) is 18.0. The Morgan fingerprint density at radius 1 is 1.28 bits per heavy atom. The lowest BCUT2D eigenvalue weighted by Gasteiger charge is -2.11. The van der Waals surface area contributed by atoms with Crippen molar-refractivity contribution >= 4 is 45.2 Å². The number of aryl methyl sites for hydroxylation is 1. The van der Waals surface area contributed by atoms with Crippen molar-refractivity contribution in [2.45, 2.75) is 6.92 Å². The first-order chi connectivity index (χ1) is 12.0. The summed E-state index contributed by atoms with van der Waals surface area (Å²) >= 11 is 1.28. The molecule has 3 rings (SSSR count). The summed E-state index contributed by atoms with van der Waals surface area (Å²) in [5.41, 5.74) is 11.2. The first-order valence-electron chi connectivity index (χ1n) is 7.57. The third-order valence-corrected chi connectivity index (χ3v) is 4.95. The highest BCUT2D eigenvalue weighted by Gasteiger charge is 2.17. The molecule has 0 radical (unpaired) electrons. The number of hydrogen-bond acceptors (Lipinski definition) is 7. The number of nitrogens with two attached hydrogens (primary N) is 1. The van der Waals surface area contributed by atoms with Gasteiger partial charge in [0.15, 0.2) is 0 Å². The van der Waals surface area contributed by atoms with Crippen LogP contribution in [0.4, 0.5) is 11.5 Å². The Hall–Kier alpha value is -3.00. The quantitative estimate of drug-likeness (QED) is 0.554. The van der Waals surface area contributed by atoms with Crippen molar-refractivity contribution in [1.29, 1.82) is 0 Å². The molecule has 0 saturated carbocycles. The summed E-state index contributed by atoms with van der Waals surface area (Å²) in [5, 5.41) is 4.75. The van der Waals surface area contributed by atoms with Gasteiger partial charge < -0.3 is 10.6 Å². The number of anilines is 2. The maximum Gasteiger partial charge on any atom is 0.281 e. The molecule has 1 amide bonds. The SMILES string of the molecule is Cc1c(C(=O)N/N=C\c2ccc(N(C)C)cc2)sc2ncnc(N)c12. The van der Waals surface area contributed by atoms with E-state index in [2.05, 4.69) is 20.5 Å². The molecule has 7 nitrogen and oxygen atoms in total. The Morgan fingerprint density at radius 3 is 2.64 bits per heavy atom. The number of thiophene rings is 1. The lowest BCUT2D eigenvalue weighted by molar-refractivity contribution is 0.0958. The highest BCUT2D eigenvalue weighted by Crippen LogP contribution is 2.31. The van der Waals surface area contributed by atoms with Crippen LogP contribution in [0.3, 0.4) is 0 Å². The van der Waals surface area contributed by atoms with Gasteiger partial charge in [-0.3, -0.25) is 4.79 Å². The van der Waals surface area contributed by atoms with Gasteiger partial charge in [-0.15, -0.1) is 11.3 Å². The number of hydrazone groups is 1. The Kier molecular flexibility index (Phi) is 4.62. The molecule has 2 aromatic heterocycles. The van der Waals surface area contributed by atoms with Crippen molar-refractivity contribution in [3.8, 4) is 0 Å². The summed E-state index contributed by atoms with van der Waals surface area (Å²) in [6, 6.07) is 7.85. The number of carbonyl (C=O) groups excluding carboxylic acids is 1. The molecule has 0 atom stereocenters. The summed E-state index contributed by atoms with van der Waals surface area (Å²) in [7, 11) is 3.96. The van der Waals surface area contributed by atoms with Crippen molar-refractivity contribution in [3.05, 3.63) is 46.6 Å². The van der Waals surface area contributed by atoms with Crippen LogP contribution >= 0.6 is 11.3 Å². The van der Waals surface area contributed by atoms with Crippen LogP contribution in [0.15, 0.2) is 35.7 Å². The number of rotatable bonds is 4. The smallest absolute Gasteiger partial charge is 0.281 e. The number of nitrogens with one attached hydrogen (secondary N) is 1. The summed E-state index contributed by atoms with van der Waals surface area (Å²) in [4.78, 5) is 23.7. The lowest BCUT2D eigenvalue weighted by atomic mass is 10.2. The van der Waals surface area contributed by atoms with E-state index in [0.29, 0.717) is 15.5 Å². The fraction of sp³-hybridized carbons (Fsp3) is 0.176. The third-order valence-electron chi connectivity index (χ3n) is 3.75. The van der Waals surface area contributed by atoms with E-state index in [1.165, 1.54) is 17.7 Å². The van der Waals surface area contributed by atoms with Crippen LogP contribution in [0.1, 0.15) is 20.8 Å². The Bertz CT molecular complexity index is 946. The van der Waals surface area contributed by atoms with E-state index in [9.17, 15) is 4.79 Å². The molecule has 0 fully saturated rings. The molecular weight excluding hydrogens is 336 g/mol. The van der Waals surface area contributed by atoms with Gasteiger partial charge in [0.1, 0.15) is 17.0 Å². The summed E-state index contributed by atoms with van der Waals surface area (Å²) in [6.45, 7) is 1.83. The second-order valence-corrected chi connectivity index (χ2v) is 6.68. The highest BCUT2D eigenvalue weighted by molar-refractivity contribution is 7.20. The minimum atomic E-state index is -0.291. The normalized spacial score (nSPS) is 11.2. The molecule has 0 saturated heterocycles. The standard InChI is InChI=1S/C17H18N6OS/c1-10-13-15(18)19-9-20-17(13)25-14(10)16(24)22-21-8-11-4-6-12(7-5-11)23(2)3/h4-9H,1-3H3,(H,22,24)(H2,18,19,20)/b21-8-. The minimum absolute atomic E-state index is 0.291. The molecule has 2 heterocycles. The van der Waals surface area contributed by atoms with Crippen LogP contribution in [0.2, 0.25) is 0 Å². The Balaban J connectivity index is 1.74. The number of aromatic nitrogens is 2. The van der Waals surface area contributed by atoms with Gasteiger partial charge in [-0.2, -0.15) is 5.10 Å². The molecule has 0 spiro atoms. The van der Waals surface area contributed by atoms with Crippen LogP contribution in [0.5, 0.6) is 0 Å². The van der Waals surface area contributed by atoms with Gasteiger partial charge in [0.25, 0.3) is 5.91 Å². The number of nitrogens with zero attached hydrogens (tertiary/aromatic N) is 4. The highest BCUT2D eigenvalue weighted by atomic mass is 32.1. The Labute approximate surface area is 149 Å². The number of amides is 1. The van der Waals surface area contributed by atoms with E-state index in [-0.39, 0.29) is 5.91 Å². The number of nitrogen functional groups attached to an aromatic ring is 1. The summed E-state index contributed by atoms with van der Waals surface area (Å²) in [5.74, 6) is 0.0864. The fourth-order valence-electron chi connectivity index (χ4n) is 2.39. The minimum Gasteiger partial charge on any atom is -0.383 e. The molecule has 25 heavy (non-hydrogen) atoms. The van der Waals surface area contributed by atoms with Gasteiger partial charge in [-0.1, -0.05) is 12.1 Å². The van der Waals surface area contributed by atoms with E-state index in [4.69, 9.17) is 5.73 Å². The molecule has 8 heteroatoms. The van der Waals surface area contributed by atoms with Gasteiger partial charge >= 0.3 is 0 Å². The maximum atomic E-state index is 12.4. The maximum absolute atomic E-state index is 12.4. The molecule has 3 N–H and O–H groups in total. The van der Waals surface area contributed by atoms with Gasteiger partial charge in [0.2, 0.25) is 0 Å². The summed E-state index contributed by atoms with van der Waals surface area (Å²) < 4.78 is 0. The van der Waals surface area contributed by atoms with Crippen LogP contribution in [0.25, 0.3) is 10.2 Å².